The van der Waals surface area contributed by atoms with Crippen molar-refractivity contribution in [2.75, 3.05) is 11.8 Å². The number of alkyl halides is 2. The van der Waals surface area contributed by atoms with E-state index in [0.29, 0.717) is 16.8 Å². The van der Waals surface area contributed by atoms with Crippen molar-refractivity contribution in [2.45, 2.75) is 11.8 Å². The summed E-state index contributed by atoms with van der Waals surface area (Å²) in [5.74, 6) is 0.890. The van der Waals surface area contributed by atoms with E-state index in [2.05, 4.69) is 0 Å². The van der Waals surface area contributed by atoms with Crippen molar-refractivity contribution in [2.24, 2.45) is 0 Å². The Morgan fingerprint density at radius 3 is 1.60 bits per heavy atom. The van der Waals surface area contributed by atoms with Crippen LogP contribution < -0.4 is 0 Å². The summed E-state index contributed by atoms with van der Waals surface area (Å²) in [5.41, 5.74) is 1.95. The number of hydrogen-bond acceptors (Lipinski definition) is 0. The second kappa shape index (κ2) is 7.04. The molecule has 20 heavy (non-hydrogen) atoms. The van der Waals surface area contributed by atoms with Crippen LogP contribution in [0.5, 0.6) is 0 Å². The van der Waals surface area contributed by atoms with Crippen molar-refractivity contribution < 1.29 is 0 Å². The lowest BCUT2D eigenvalue weighted by atomic mass is 9.79. The number of benzene rings is 2. The van der Waals surface area contributed by atoms with Crippen LogP contribution in [0.2, 0.25) is 10.0 Å². The van der Waals surface area contributed by atoms with Gasteiger partial charge in [-0.1, -0.05) is 47.5 Å². The predicted octanol–water partition coefficient (Wildman–Crippen LogP) is 5.95. The van der Waals surface area contributed by atoms with Gasteiger partial charge in [0.05, 0.1) is 0 Å². The van der Waals surface area contributed by atoms with E-state index < -0.39 is 0 Å². The number of hydrogen-bond donors (Lipinski definition) is 0. The van der Waals surface area contributed by atoms with E-state index in [4.69, 9.17) is 46.4 Å². The second-order valence-corrected chi connectivity index (χ2v) is 6.27. The maximum Gasteiger partial charge on any atom is 0.0406 e. The zero-order valence-corrected chi connectivity index (χ0v) is 13.8. The van der Waals surface area contributed by atoms with Gasteiger partial charge in [0.2, 0.25) is 0 Å². The van der Waals surface area contributed by atoms with Crippen LogP contribution in [0, 0.1) is 0 Å². The highest BCUT2D eigenvalue weighted by Gasteiger charge is 2.31. The van der Waals surface area contributed by atoms with E-state index in [1.54, 1.807) is 0 Å². The number of halogens is 4. The highest BCUT2D eigenvalue weighted by molar-refractivity contribution is 6.30. The first-order valence-corrected chi connectivity index (χ1v) is 8.04. The molecule has 2 aromatic carbocycles. The molecule has 0 amide bonds. The molecule has 0 radical (unpaired) electrons. The van der Waals surface area contributed by atoms with Crippen LogP contribution in [-0.2, 0) is 11.8 Å². The Kier molecular flexibility index (Phi) is 5.63. The maximum atomic E-state index is 6.24. The van der Waals surface area contributed by atoms with E-state index in [9.17, 15) is 0 Å². The molecule has 4 heteroatoms. The average molecular weight is 348 g/mol. The zero-order chi connectivity index (χ0) is 14.6. The SMILES string of the molecule is ClCC(CCl)(Cc1ccc(Cl)cc1)c1ccc(Cl)cc1. The summed E-state index contributed by atoms with van der Waals surface area (Å²) in [6.07, 6.45) is 0.763. The second-order valence-electron chi connectivity index (χ2n) is 4.86. The molecule has 0 N–H and O–H groups in total. The van der Waals surface area contributed by atoms with Crippen LogP contribution in [0.15, 0.2) is 48.5 Å². The maximum absolute atomic E-state index is 6.24. The molecular formula is C16H14Cl4. The third-order valence-corrected chi connectivity index (χ3v) is 4.95. The van der Waals surface area contributed by atoms with Crippen molar-refractivity contribution in [1.29, 1.82) is 0 Å². The van der Waals surface area contributed by atoms with Crippen LogP contribution in [-0.4, -0.2) is 11.8 Å². The lowest BCUT2D eigenvalue weighted by Crippen LogP contribution is -2.33. The Labute approximate surface area is 139 Å². The molecule has 0 saturated heterocycles. The molecule has 0 aliphatic carbocycles. The minimum atomic E-state index is -0.304. The Morgan fingerprint density at radius 2 is 1.15 bits per heavy atom. The molecule has 0 bridgehead atoms. The standard InChI is InChI=1S/C16H14Cl4/c17-10-16(11-18,13-3-7-15(20)8-4-13)9-12-1-5-14(19)6-2-12/h1-8H,9-11H2. The van der Waals surface area contributed by atoms with Gasteiger partial charge in [-0.2, -0.15) is 0 Å². The van der Waals surface area contributed by atoms with E-state index in [0.717, 1.165) is 22.6 Å². The summed E-state index contributed by atoms with van der Waals surface area (Å²) >= 11 is 24.3. The third-order valence-electron chi connectivity index (χ3n) is 3.42. The largest absolute Gasteiger partial charge is 0.126 e. The fourth-order valence-electron chi connectivity index (χ4n) is 2.18. The third kappa shape index (κ3) is 3.62. The van der Waals surface area contributed by atoms with Crippen LogP contribution in [0.3, 0.4) is 0 Å². The monoisotopic (exact) mass is 346 g/mol. The zero-order valence-electron chi connectivity index (χ0n) is 10.8. The van der Waals surface area contributed by atoms with E-state index >= 15 is 0 Å². The van der Waals surface area contributed by atoms with Gasteiger partial charge >= 0.3 is 0 Å². The van der Waals surface area contributed by atoms with Crippen molar-refractivity contribution in [3.8, 4) is 0 Å². The van der Waals surface area contributed by atoms with Gasteiger partial charge < -0.3 is 0 Å². The molecule has 0 aromatic heterocycles. The minimum absolute atomic E-state index is 0.304. The Hall–Kier alpha value is -0.400. The van der Waals surface area contributed by atoms with Gasteiger partial charge in [0, 0.05) is 27.2 Å². The summed E-state index contributed by atoms with van der Waals surface area (Å²) in [4.78, 5) is 0. The Morgan fingerprint density at radius 1 is 0.700 bits per heavy atom. The first kappa shape index (κ1) is 16.0. The summed E-state index contributed by atoms with van der Waals surface area (Å²) in [6.45, 7) is 0. The molecule has 0 unspecified atom stereocenters. The Balaban J connectivity index is 2.33. The van der Waals surface area contributed by atoms with E-state index in [1.165, 1.54) is 0 Å². The highest BCUT2D eigenvalue weighted by atomic mass is 35.5. The van der Waals surface area contributed by atoms with Crippen molar-refractivity contribution in [1.82, 2.24) is 0 Å². The Bertz CT molecular complexity index is 542. The first-order chi connectivity index (χ1) is 9.59. The van der Waals surface area contributed by atoms with Gasteiger partial charge in [-0.25, -0.2) is 0 Å². The fraction of sp³-hybridized carbons (Fsp3) is 0.250. The lowest BCUT2D eigenvalue weighted by molar-refractivity contribution is 0.536. The minimum Gasteiger partial charge on any atom is -0.126 e. The smallest absolute Gasteiger partial charge is 0.0406 e. The molecular weight excluding hydrogens is 334 g/mol. The van der Waals surface area contributed by atoms with Crippen molar-refractivity contribution in [3.63, 3.8) is 0 Å². The molecule has 0 atom stereocenters. The van der Waals surface area contributed by atoms with Crippen molar-refractivity contribution in [3.05, 3.63) is 69.7 Å². The van der Waals surface area contributed by atoms with E-state index in [1.807, 2.05) is 48.5 Å². The molecule has 0 heterocycles. The summed E-state index contributed by atoms with van der Waals surface area (Å²) in [5, 5.41) is 1.43. The van der Waals surface area contributed by atoms with Gasteiger partial charge in [-0.05, 0) is 41.8 Å². The van der Waals surface area contributed by atoms with Gasteiger partial charge in [-0.3, -0.25) is 0 Å². The lowest BCUT2D eigenvalue weighted by Gasteiger charge is -2.30. The predicted molar refractivity (Wildman–Crippen MR) is 89.7 cm³/mol. The summed E-state index contributed by atoms with van der Waals surface area (Å²) < 4.78 is 0. The average Bonchev–Trinajstić information content (AvgIpc) is 2.48. The van der Waals surface area contributed by atoms with Gasteiger partial charge in [-0.15, -0.1) is 23.2 Å². The quantitative estimate of drug-likeness (QED) is 0.586. The summed E-state index contributed by atoms with van der Waals surface area (Å²) in [7, 11) is 0. The molecule has 0 aliphatic heterocycles. The highest BCUT2D eigenvalue weighted by Crippen LogP contribution is 2.32. The molecule has 0 aliphatic rings. The van der Waals surface area contributed by atoms with Crippen LogP contribution in [0.25, 0.3) is 0 Å². The van der Waals surface area contributed by atoms with Gasteiger partial charge in [0.1, 0.15) is 0 Å². The molecule has 0 saturated carbocycles. The van der Waals surface area contributed by atoms with Crippen LogP contribution in [0.1, 0.15) is 11.1 Å². The van der Waals surface area contributed by atoms with Crippen LogP contribution >= 0.6 is 46.4 Å². The van der Waals surface area contributed by atoms with Crippen molar-refractivity contribution >= 4 is 46.4 Å². The van der Waals surface area contributed by atoms with E-state index in [-0.39, 0.29) is 5.41 Å². The normalized spacial score (nSPS) is 11.6. The molecule has 0 spiro atoms. The molecule has 0 fully saturated rings. The molecule has 2 aromatic rings. The van der Waals surface area contributed by atoms with Crippen LogP contribution in [0.4, 0.5) is 0 Å². The first-order valence-electron chi connectivity index (χ1n) is 6.22. The molecule has 2 rings (SSSR count). The topological polar surface area (TPSA) is 0 Å². The molecule has 0 nitrogen and oxygen atoms in total. The van der Waals surface area contributed by atoms with Gasteiger partial charge in [0.15, 0.2) is 0 Å². The molecule has 106 valence electrons. The van der Waals surface area contributed by atoms with Gasteiger partial charge in [0.25, 0.3) is 0 Å². The fourth-order valence-corrected chi connectivity index (χ4v) is 3.22. The number of rotatable bonds is 5. The summed E-state index contributed by atoms with van der Waals surface area (Å²) in [6, 6.07) is 15.5.